The third-order valence-corrected chi connectivity index (χ3v) is 4.85. The number of hydrogen-bond acceptors (Lipinski definition) is 5. The maximum atomic E-state index is 12.6. The van der Waals surface area contributed by atoms with Crippen LogP contribution in [-0.2, 0) is 0 Å². The topological polar surface area (TPSA) is 123 Å². The normalized spacial score (nSPS) is 13.3. The first-order chi connectivity index (χ1) is 15.0. The molecule has 0 unspecified atom stereocenters. The third-order valence-electron chi connectivity index (χ3n) is 4.85. The van der Waals surface area contributed by atoms with Crippen molar-refractivity contribution in [1.29, 1.82) is 5.26 Å². The molecule has 1 heterocycles. The van der Waals surface area contributed by atoms with Gasteiger partial charge in [0.1, 0.15) is 12.4 Å². The lowest BCUT2D eigenvalue weighted by molar-refractivity contribution is 0.0624. The average molecular weight is 422 g/mol. The Balaban J connectivity index is 1.46. The molecule has 31 heavy (non-hydrogen) atoms. The first kappa shape index (κ1) is 21.6. The van der Waals surface area contributed by atoms with Crippen LogP contribution < -0.4 is 10.1 Å². The van der Waals surface area contributed by atoms with Gasteiger partial charge >= 0.3 is 6.09 Å². The molecular formula is C22H22N4O5. The van der Waals surface area contributed by atoms with Crippen LogP contribution in [0.3, 0.4) is 0 Å². The molecule has 1 aliphatic rings. The van der Waals surface area contributed by atoms with Gasteiger partial charge < -0.3 is 25.0 Å². The maximum absolute atomic E-state index is 12.6. The molecule has 1 saturated heterocycles. The standard InChI is InChI=1S/C22H22N4O5/c23-15-16-2-1-3-19(14-16)31-13-8-24-20(27)17-4-6-18(7-5-17)21(28)25-9-11-26(12-10-25)22(29)30/h1-7,14H,8-13H2,(H,24,27)(H,29,30). The minimum Gasteiger partial charge on any atom is -0.492 e. The van der Waals surface area contributed by atoms with E-state index < -0.39 is 6.09 Å². The van der Waals surface area contributed by atoms with Gasteiger partial charge in [-0.05, 0) is 42.5 Å². The molecule has 0 aliphatic carbocycles. The number of nitrogens with zero attached hydrogens (tertiary/aromatic N) is 3. The molecule has 0 saturated carbocycles. The number of carbonyl (C=O) groups is 3. The predicted molar refractivity (Wildman–Crippen MR) is 111 cm³/mol. The van der Waals surface area contributed by atoms with E-state index in [0.717, 1.165) is 0 Å². The Hall–Kier alpha value is -4.06. The number of nitriles is 1. The van der Waals surface area contributed by atoms with Gasteiger partial charge in [0.25, 0.3) is 11.8 Å². The summed E-state index contributed by atoms with van der Waals surface area (Å²) in [5, 5.41) is 20.6. The number of piperazine rings is 1. The van der Waals surface area contributed by atoms with E-state index in [9.17, 15) is 14.4 Å². The summed E-state index contributed by atoms with van der Waals surface area (Å²) < 4.78 is 5.52. The van der Waals surface area contributed by atoms with Crippen LogP contribution in [-0.4, -0.2) is 72.1 Å². The summed E-state index contributed by atoms with van der Waals surface area (Å²) in [6, 6.07) is 15.1. The fourth-order valence-corrected chi connectivity index (χ4v) is 3.14. The van der Waals surface area contributed by atoms with Crippen LogP contribution in [0, 0.1) is 11.3 Å². The number of ether oxygens (including phenoxy) is 1. The number of carboxylic acid groups (broad SMARTS) is 1. The molecule has 0 aromatic heterocycles. The number of hydrogen-bond donors (Lipinski definition) is 2. The number of benzene rings is 2. The van der Waals surface area contributed by atoms with Gasteiger partial charge in [-0.3, -0.25) is 9.59 Å². The third kappa shape index (κ3) is 5.73. The zero-order chi connectivity index (χ0) is 22.2. The van der Waals surface area contributed by atoms with Crippen LogP contribution in [0.2, 0.25) is 0 Å². The second kappa shape index (κ2) is 10.1. The van der Waals surface area contributed by atoms with Gasteiger partial charge in [0.2, 0.25) is 0 Å². The molecule has 0 atom stereocenters. The molecule has 3 amide bonds. The largest absolute Gasteiger partial charge is 0.492 e. The van der Waals surface area contributed by atoms with Crippen molar-refractivity contribution in [3.05, 3.63) is 65.2 Å². The number of nitrogens with one attached hydrogen (secondary N) is 1. The summed E-state index contributed by atoms with van der Waals surface area (Å²) in [5.41, 5.74) is 1.36. The van der Waals surface area contributed by atoms with Crippen molar-refractivity contribution in [3.63, 3.8) is 0 Å². The summed E-state index contributed by atoms with van der Waals surface area (Å²) in [6.07, 6.45) is -0.983. The Morgan fingerprint density at radius 1 is 1.00 bits per heavy atom. The fourth-order valence-electron chi connectivity index (χ4n) is 3.14. The van der Waals surface area contributed by atoms with Crippen LogP contribution in [0.1, 0.15) is 26.3 Å². The van der Waals surface area contributed by atoms with Crippen LogP contribution in [0.5, 0.6) is 5.75 Å². The van der Waals surface area contributed by atoms with Crippen molar-refractivity contribution < 1.29 is 24.2 Å². The van der Waals surface area contributed by atoms with E-state index in [0.29, 0.717) is 35.5 Å². The van der Waals surface area contributed by atoms with E-state index in [1.54, 1.807) is 53.4 Å². The van der Waals surface area contributed by atoms with Crippen molar-refractivity contribution in [3.8, 4) is 11.8 Å². The maximum Gasteiger partial charge on any atom is 0.407 e. The lowest BCUT2D eigenvalue weighted by Gasteiger charge is -2.33. The second-order valence-electron chi connectivity index (χ2n) is 6.88. The van der Waals surface area contributed by atoms with E-state index in [1.807, 2.05) is 6.07 Å². The van der Waals surface area contributed by atoms with Crippen LogP contribution in [0.25, 0.3) is 0 Å². The molecule has 9 nitrogen and oxygen atoms in total. The number of carbonyl (C=O) groups excluding carboxylic acids is 2. The average Bonchev–Trinajstić information content (AvgIpc) is 2.81. The van der Waals surface area contributed by atoms with Crippen molar-refractivity contribution >= 4 is 17.9 Å². The van der Waals surface area contributed by atoms with Crippen molar-refractivity contribution in [2.24, 2.45) is 0 Å². The summed E-state index contributed by atoms with van der Waals surface area (Å²) in [6.45, 7) is 1.77. The lowest BCUT2D eigenvalue weighted by atomic mass is 10.1. The van der Waals surface area contributed by atoms with Crippen molar-refractivity contribution in [2.45, 2.75) is 0 Å². The highest BCUT2D eigenvalue weighted by atomic mass is 16.5. The molecule has 1 aliphatic heterocycles. The summed E-state index contributed by atoms with van der Waals surface area (Å²) >= 11 is 0. The van der Waals surface area contributed by atoms with E-state index in [2.05, 4.69) is 5.32 Å². The second-order valence-corrected chi connectivity index (χ2v) is 6.88. The van der Waals surface area contributed by atoms with E-state index in [-0.39, 0.29) is 38.1 Å². The van der Waals surface area contributed by atoms with E-state index in [4.69, 9.17) is 15.1 Å². The molecule has 2 aromatic rings. The molecule has 2 N–H and O–H groups in total. The van der Waals surface area contributed by atoms with E-state index >= 15 is 0 Å². The predicted octanol–water partition coefficient (Wildman–Crippen LogP) is 1.80. The highest BCUT2D eigenvalue weighted by Crippen LogP contribution is 2.13. The van der Waals surface area contributed by atoms with Gasteiger partial charge in [-0.25, -0.2) is 4.79 Å². The molecule has 0 spiro atoms. The highest BCUT2D eigenvalue weighted by Gasteiger charge is 2.24. The zero-order valence-electron chi connectivity index (χ0n) is 16.8. The van der Waals surface area contributed by atoms with Crippen LogP contribution in [0.4, 0.5) is 4.79 Å². The highest BCUT2D eigenvalue weighted by molar-refractivity contribution is 5.97. The van der Waals surface area contributed by atoms with Crippen molar-refractivity contribution in [2.75, 3.05) is 39.3 Å². The van der Waals surface area contributed by atoms with Gasteiger partial charge in [-0.1, -0.05) is 6.07 Å². The molecular weight excluding hydrogens is 400 g/mol. The first-order valence-electron chi connectivity index (χ1n) is 9.76. The van der Waals surface area contributed by atoms with Gasteiger partial charge in [0.15, 0.2) is 0 Å². The van der Waals surface area contributed by atoms with Gasteiger partial charge in [-0.2, -0.15) is 5.26 Å². The number of rotatable bonds is 6. The molecule has 0 radical (unpaired) electrons. The molecule has 9 heteroatoms. The monoisotopic (exact) mass is 422 g/mol. The molecule has 1 fully saturated rings. The first-order valence-corrected chi connectivity index (χ1v) is 9.76. The number of amides is 3. The van der Waals surface area contributed by atoms with Gasteiger partial charge in [0.05, 0.1) is 18.2 Å². The van der Waals surface area contributed by atoms with Crippen LogP contribution in [0.15, 0.2) is 48.5 Å². The minimum absolute atomic E-state index is 0.190. The Bertz CT molecular complexity index is 992. The molecule has 0 bridgehead atoms. The van der Waals surface area contributed by atoms with Crippen LogP contribution >= 0.6 is 0 Å². The summed E-state index contributed by atoms with van der Waals surface area (Å²) in [4.78, 5) is 38.7. The molecule has 3 rings (SSSR count). The Morgan fingerprint density at radius 2 is 1.65 bits per heavy atom. The zero-order valence-corrected chi connectivity index (χ0v) is 16.8. The van der Waals surface area contributed by atoms with Gasteiger partial charge in [-0.15, -0.1) is 0 Å². The Labute approximate surface area is 179 Å². The molecule has 2 aromatic carbocycles. The minimum atomic E-state index is -0.983. The molecule has 160 valence electrons. The summed E-state index contributed by atoms with van der Waals surface area (Å²) in [5.74, 6) is 0.0776. The Morgan fingerprint density at radius 3 is 2.29 bits per heavy atom. The lowest BCUT2D eigenvalue weighted by Crippen LogP contribution is -2.50. The SMILES string of the molecule is N#Cc1cccc(OCCNC(=O)c2ccc(C(=O)N3CCN(C(=O)O)CC3)cc2)c1. The van der Waals surface area contributed by atoms with Crippen molar-refractivity contribution in [1.82, 2.24) is 15.1 Å². The van der Waals surface area contributed by atoms with Gasteiger partial charge in [0, 0.05) is 37.3 Å². The fraction of sp³-hybridized carbons (Fsp3) is 0.273. The summed E-state index contributed by atoms with van der Waals surface area (Å²) in [7, 11) is 0. The Kier molecular flexibility index (Phi) is 7.06. The quantitative estimate of drug-likeness (QED) is 0.685. The van der Waals surface area contributed by atoms with E-state index in [1.165, 1.54) is 4.90 Å². The smallest absolute Gasteiger partial charge is 0.407 e.